The molecule has 0 radical (unpaired) electrons. The van der Waals surface area contributed by atoms with Gasteiger partial charge in [-0.1, -0.05) is 18.2 Å². The lowest BCUT2D eigenvalue weighted by atomic mass is 10.1. The molecule has 3 aromatic rings. The summed E-state index contributed by atoms with van der Waals surface area (Å²) < 4.78 is 44.7. The van der Waals surface area contributed by atoms with Gasteiger partial charge in [-0.25, -0.2) is 13.9 Å². The molecular weight excluding hydrogens is 540 g/mol. The molecule has 1 atom stereocenters. The minimum atomic E-state index is -4.25. The summed E-state index contributed by atoms with van der Waals surface area (Å²) in [5.41, 5.74) is 3.61. The molecule has 3 aromatic carbocycles. The Morgan fingerprint density at radius 3 is 2.33 bits per heavy atom. The van der Waals surface area contributed by atoms with Crippen LogP contribution in [0.25, 0.3) is 0 Å². The molecule has 4 N–H and O–H groups in total. The third kappa shape index (κ3) is 6.87. The van der Waals surface area contributed by atoms with Crippen molar-refractivity contribution < 1.29 is 37.4 Å². The Bertz CT molecular complexity index is 1450. The number of rotatable bonds is 12. The summed E-state index contributed by atoms with van der Waals surface area (Å²) in [7, 11) is -2.78. The van der Waals surface area contributed by atoms with Crippen LogP contribution < -0.4 is 30.3 Å². The number of sulfonamides is 1. The van der Waals surface area contributed by atoms with E-state index in [1.807, 2.05) is 0 Å². The Morgan fingerprint density at radius 1 is 1.00 bits per heavy atom. The molecule has 12 nitrogen and oxygen atoms in total. The minimum Gasteiger partial charge on any atom is -0.497 e. The van der Waals surface area contributed by atoms with Crippen LogP contribution in [0.1, 0.15) is 18.1 Å². The van der Waals surface area contributed by atoms with Gasteiger partial charge in [0.05, 0.1) is 12.0 Å². The van der Waals surface area contributed by atoms with E-state index in [1.54, 1.807) is 47.9 Å². The molecule has 0 aromatic heterocycles. The summed E-state index contributed by atoms with van der Waals surface area (Å²) in [6.07, 6.45) is 0. The van der Waals surface area contributed by atoms with E-state index in [4.69, 9.17) is 14.2 Å². The molecule has 40 heavy (non-hydrogen) atoms. The predicted octanol–water partition coefficient (Wildman–Crippen LogP) is 2.24. The quantitative estimate of drug-likeness (QED) is 0.189. The van der Waals surface area contributed by atoms with Crippen LogP contribution in [0.3, 0.4) is 0 Å². The average Bonchev–Trinajstić information content (AvgIpc) is 3.42. The van der Waals surface area contributed by atoms with Crippen LogP contribution in [0.2, 0.25) is 0 Å². The summed E-state index contributed by atoms with van der Waals surface area (Å²) in [6.45, 7) is 1.43. The fourth-order valence-electron chi connectivity index (χ4n) is 4.13. The van der Waals surface area contributed by atoms with Gasteiger partial charge in [-0.2, -0.15) is 4.31 Å². The molecule has 1 aliphatic rings. The lowest BCUT2D eigenvalue weighted by molar-refractivity contribution is -0.133. The molecule has 212 valence electrons. The Morgan fingerprint density at radius 2 is 1.68 bits per heavy atom. The van der Waals surface area contributed by atoms with E-state index >= 15 is 0 Å². The highest BCUT2D eigenvalue weighted by Gasteiger charge is 2.36. The van der Waals surface area contributed by atoms with Crippen molar-refractivity contribution in [2.45, 2.75) is 31.0 Å². The maximum atomic E-state index is 13.9. The minimum absolute atomic E-state index is 0.0535. The van der Waals surface area contributed by atoms with E-state index in [0.717, 1.165) is 9.87 Å². The largest absolute Gasteiger partial charge is 0.497 e. The standard InChI is InChI=1S/C27H30N4O8S/c1-18(32)29-21-6-3-19(4-7-21)14-28-15-24(27(33)30-34)31(16-20-5-12-25-26(13-20)39-17-38-25)40(35,36)23-10-8-22(37-2)9-11-23/h3-13,24,28,34H,14-17H2,1-2H3,(H,29,32)(H,30,33)/t24-/m1/s1. The van der Waals surface area contributed by atoms with Crippen molar-refractivity contribution in [3.8, 4) is 17.2 Å². The Kier molecular flexibility index (Phi) is 9.22. The van der Waals surface area contributed by atoms with Crippen LogP contribution in [0.15, 0.2) is 71.6 Å². The Balaban J connectivity index is 1.61. The van der Waals surface area contributed by atoms with Crippen LogP contribution in [-0.2, 0) is 32.7 Å². The molecule has 0 saturated heterocycles. The van der Waals surface area contributed by atoms with E-state index in [-0.39, 0.29) is 37.2 Å². The van der Waals surface area contributed by atoms with Crippen molar-refractivity contribution in [3.05, 3.63) is 77.9 Å². The number of nitrogens with zero attached hydrogens (tertiary/aromatic N) is 1. The fraction of sp³-hybridized carbons (Fsp3) is 0.259. The highest BCUT2D eigenvalue weighted by molar-refractivity contribution is 7.89. The summed E-state index contributed by atoms with van der Waals surface area (Å²) >= 11 is 0. The van der Waals surface area contributed by atoms with Crippen LogP contribution >= 0.6 is 0 Å². The Labute approximate surface area is 231 Å². The molecule has 4 rings (SSSR count). The Hall–Kier alpha value is -4.17. The van der Waals surface area contributed by atoms with E-state index in [9.17, 15) is 23.2 Å². The predicted molar refractivity (Wildman–Crippen MR) is 144 cm³/mol. The van der Waals surface area contributed by atoms with Crippen molar-refractivity contribution in [3.63, 3.8) is 0 Å². The smallest absolute Gasteiger partial charge is 0.263 e. The van der Waals surface area contributed by atoms with E-state index in [1.165, 1.54) is 38.3 Å². The number of carbonyl (C=O) groups excluding carboxylic acids is 2. The first-order valence-electron chi connectivity index (χ1n) is 12.3. The van der Waals surface area contributed by atoms with Gasteiger partial charge in [-0.15, -0.1) is 0 Å². The number of anilines is 1. The van der Waals surface area contributed by atoms with Crippen LogP contribution in [-0.4, -0.2) is 56.2 Å². The molecule has 0 aliphatic carbocycles. The molecule has 1 aliphatic heterocycles. The van der Waals surface area contributed by atoms with Crippen molar-refractivity contribution in [1.82, 2.24) is 15.1 Å². The molecule has 1 heterocycles. The summed E-state index contributed by atoms with van der Waals surface area (Å²) in [5.74, 6) is 0.361. The number of benzene rings is 3. The maximum Gasteiger partial charge on any atom is 0.263 e. The first kappa shape index (κ1) is 28.8. The number of amides is 2. The van der Waals surface area contributed by atoms with E-state index < -0.39 is 22.0 Å². The fourth-order valence-corrected chi connectivity index (χ4v) is 5.70. The molecular formula is C27H30N4O8S. The zero-order valence-electron chi connectivity index (χ0n) is 21.9. The number of ether oxygens (including phenoxy) is 3. The summed E-state index contributed by atoms with van der Waals surface area (Å²) in [4.78, 5) is 24.1. The second kappa shape index (κ2) is 12.8. The number of hydrogen-bond donors (Lipinski definition) is 4. The highest BCUT2D eigenvalue weighted by atomic mass is 32.2. The van der Waals surface area contributed by atoms with Crippen molar-refractivity contribution >= 4 is 27.5 Å². The summed E-state index contributed by atoms with van der Waals surface area (Å²) in [5, 5.41) is 15.3. The van der Waals surface area contributed by atoms with Gasteiger partial charge in [-0.05, 0) is 59.7 Å². The maximum absolute atomic E-state index is 13.9. The molecule has 0 saturated carbocycles. The van der Waals surface area contributed by atoms with Gasteiger partial charge in [0.2, 0.25) is 22.7 Å². The third-order valence-electron chi connectivity index (χ3n) is 6.14. The number of nitrogens with one attached hydrogen (secondary N) is 3. The lowest BCUT2D eigenvalue weighted by Crippen LogP contribution is -2.53. The molecule has 2 amide bonds. The van der Waals surface area contributed by atoms with Crippen LogP contribution in [0, 0.1) is 0 Å². The van der Waals surface area contributed by atoms with Crippen molar-refractivity contribution in [1.29, 1.82) is 0 Å². The summed E-state index contributed by atoms with van der Waals surface area (Å²) in [6, 6.07) is 16.5. The zero-order chi connectivity index (χ0) is 28.7. The van der Waals surface area contributed by atoms with Gasteiger partial charge in [0, 0.05) is 32.2 Å². The van der Waals surface area contributed by atoms with Crippen molar-refractivity contribution in [2.24, 2.45) is 0 Å². The van der Waals surface area contributed by atoms with Gasteiger partial charge in [0.25, 0.3) is 5.91 Å². The topological polar surface area (TPSA) is 156 Å². The second-order valence-corrected chi connectivity index (χ2v) is 10.8. The molecule has 13 heteroatoms. The van der Waals surface area contributed by atoms with E-state index in [0.29, 0.717) is 28.5 Å². The normalized spacial score (nSPS) is 13.1. The van der Waals surface area contributed by atoms with Crippen LogP contribution in [0.4, 0.5) is 5.69 Å². The van der Waals surface area contributed by atoms with Gasteiger partial charge in [0.15, 0.2) is 11.5 Å². The van der Waals surface area contributed by atoms with Crippen molar-refractivity contribution in [2.75, 3.05) is 25.8 Å². The van der Waals surface area contributed by atoms with Crippen LogP contribution in [0.5, 0.6) is 17.2 Å². The van der Waals surface area contributed by atoms with Gasteiger partial charge in [-0.3, -0.25) is 14.8 Å². The number of hydrogen-bond acceptors (Lipinski definition) is 9. The molecule has 0 unspecified atom stereocenters. The lowest BCUT2D eigenvalue weighted by Gasteiger charge is -2.30. The highest BCUT2D eigenvalue weighted by Crippen LogP contribution is 2.33. The van der Waals surface area contributed by atoms with Gasteiger partial charge >= 0.3 is 0 Å². The number of carbonyl (C=O) groups is 2. The first-order valence-corrected chi connectivity index (χ1v) is 13.7. The average molecular weight is 571 g/mol. The number of fused-ring (bicyclic) bond motifs is 1. The SMILES string of the molecule is COc1ccc(S(=O)(=O)N(Cc2ccc3c(c2)OCO3)[C@H](CNCc2ccc(NC(C)=O)cc2)C(=O)NO)cc1. The second-order valence-electron chi connectivity index (χ2n) is 8.91. The van der Waals surface area contributed by atoms with E-state index in [2.05, 4.69) is 10.6 Å². The van der Waals surface area contributed by atoms with Gasteiger partial charge < -0.3 is 24.8 Å². The molecule has 0 spiro atoms. The van der Waals surface area contributed by atoms with Gasteiger partial charge in [0.1, 0.15) is 11.8 Å². The third-order valence-corrected chi connectivity index (χ3v) is 8.01. The monoisotopic (exact) mass is 570 g/mol. The first-order chi connectivity index (χ1) is 19.2. The molecule has 0 bridgehead atoms. The molecule has 0 fully saturated rings. The number of hydroxylamine groups is 1. The number of methoxy groups -OCH3 is 1. The zero-order valence-corrected chi connectivity index (χ0v) is 22.7.